The van der Waals surface area contributed by atoms with Crippen LogP contribution in [0.4, 0.5) is 11.5 Å². The van der Waals surface area contributed by atoms with Crippen LogP contribution in [0.5, 0.6) is 0 Å². The lowest BCUT2D eigenvalue weighted by molar-refractivity contribution is -0.129. The Balaban J connectivity index is 1.46. The van der Waals surface area contributed by atoms with Crippen molar-refractivity contribution in [2.75, 3.05) is 29.9 Å². The van der Waals surface area contributed by atoms with Crippen molar-refractivity contribution in [2.45, 2.75) is 45.7 Å². The first-order valence-corrected chi connectivity index (χ1v) is 10.9. The van der Waals surface area contributed by atoms with Crippen molar-refractivity contribution in [1.82, 2.24) is 25.1 Å². The molecule has 2 saturated heterocycles. The molecule has 1 N–H and O–H groups in total. The average Bonchev–Trinajstić information content (AvgIpc) is 3.16. The minimum Gasteiger partial charge on any atom is -0.366 e. The Morgan fingerprint density at radius 3 is 2.87 bits per heavy atom. The van der Waals surface area contributed by atoms with Gasteiger partial charge in [-0.1, -0.05) is 6.07 Å². The van der Waals surface area contributed by atoms with Gasteiger partial charge in [0.05, 0.1) is 29.1 Å². The van der Waals surface area contributed by atoms with E-state index in [0.29, 0.717) is 18.4 Å². The third-order valence-corrected chi connectivity index (χ3v) is 6.50. The highest BCUT2D eigenvalue weighted by Gasteiger charge is 2.35. The number of nitrogens with zero attached hydrogens (tertiary/aromatic N) is 6. The number of piperazine rings is 1. The monoisotopic (exact) mass is 417 g/mol. The van der Waals surface area contributed by atoms with Gasteiger partial charge in [-0.25, -0.2) is 0 Å². The molecule has 0 unspecified atom stereocenters. The van der Waals surface area contributed by atoms with Gasteiger partial charge in [-0.2, -0.15) is 5.10 Å². The smallest absolute Gasteiger partial charge is 0.223 e. The highest BCUT2D eigenvalue weighted by atomic mass is 16.2. The van der Waals surface area contributed by atoms with E-state index in [1.165, 1.54) is 0 Å². The maximum absolute atomic E-state index is 12.0. The lowest BCUT2D eigenvalue weighted by Crippen LogP contribution is -2.51. The summed E-state index contributed by atoms with van der Waals surface area (Å²) in [5.41, 5.74) is 4.85. The van der Waals surface area contributed by atoms with Gasteiger partial charge >= 0.3 is 0 Å². The molecule has 31 heavy (non-hydrogen) atoms. The second-order valence-corrected chi connectivity index (χ2v) is 8.49. The summed E-state index contributed by atoms with van der Waals surface area (Å²) in [6.45, 7) is 8.50. The van der Waals surface area contributed by atoms with E-state index in [1.807, 2.05) is 31.0 Å². The number of rotatable bonds is 4. The van der Waals surface area contributed by atoms with Gasteiger partial charge in [0, 0.05) is 49.4 Å². The molecule has 3 aromatic heterocycles. The van der Waals surface area contributed by atoms with Gasteiger partial charge in [-0.05, 0) is 44.9 Å². The molecule has 5 heterocycles. The molecule has 0 bridgehead atoms. The van der Waals surface area contributed by atoms with Crippen molar-refractivity contribution in [3.63, 3.8) is 0 Å². The van der Waals surface area contributed by atoms with E-state index >= 15 is 0 Å². The number of nitrogens with one attached hydrogen (secondary N) is 1. The molecule has 160 valence electrons. The third-order valence-electron chi connectivity index (χ3n) is 6.50. The second kappa shape index (κ2) is 7.76. The van der Waals surface area contributed by atoms with Crippen molar-refractivity contribution in [2.24, 2.45) is 0 Å². The predicted octanol–water partition coefficient (Wildman–Crippen LogP) is 3.02. The Morgan fingerprint density at radius 1 is 1.16 bits per heavy atom. The van der Waals surface area contributed by atoms with Crippen LogP contribution in [0.2, 0.25) is 0 Å². The van der Waals surface area contributed by atoms with E-state index in [1.54, 1.807) is 6.20 Å². The zero-order valence-electron chi connectivity index (χ0n) is 18.2. The molecule has 8 heteroatoms. The van der Waals surface area contributed by atoms with Crippen molar-refractivity contribution < 1.29 is 4.79 Å². The molecule has 0 radical (unpaired) electrons. The molecule has 1 amide bonds. The van der Waals surface area contributed by atoms with E-state index in [4.69, 9.17) is 4.98 Å². The summed E-state index contributed by atoms with van der Waals surface area (Å²) in [6.07, 6.45) is 5.33. The standard InChI is InChI=1S/C23H27N7O/c1-14-19(5-4-8-24-14)15(2)26-23-20-11-18(12-25-22(20)16(3)27-28-23)29-9-10-30-17(13-29)6-7-21(30)31/h4-5,8,11-12,15,17H,6-7,9-10,13H2,1-3H3,(H,26,28)/t15-,17-/m1/s1. The Labute approximate surface area is 181 Å². The highest BCUT2D eigenvalue weighted by Crippen LogP contribution is 2.31. The number of pyridine rings is 2. The fourth-order valence-corrected chi connectivity index (χ4v) is 4.76. The molecular weight excluding hydrogens is 390 g/mol. The minimum atomic E-state index is 0.0330. The summed E-state index contributed by atoms with van der Waals surface area (Å²) >= 11 is 0. The zero-order chi connectivity index (χ0) is 21.5. The first-order chi connectivity index (χ1) is 15.0. The topological polar surface area (TPSA) is 87.1 Å². The molecule has 2 atom stereocenters. The maximum atomic E-state index is 12.0. The van der Waals surface area contributed by atoms with E-state index in [0.717, 1.165) is 65.4 Å². The fourth-order valence-electron chi connectivity index (χ4n) is 4.76. The number of hydrogen-bond donors (Lipinski definition) is 1. The molecule has 5 rings (SSSR count). The molecule has 0 aromatic carbocycles. The Bertz CT molecular complexity index is 1150. The van der Waals surface area contributed by atoms with Gasteiger partial charge in [-0.15, -0.1) is 5.10 Å². The first kappa shape index (κ1) is 19.7. The molecule has 2 aliphatic rings. The van der Waals surface area contributed by atoms with Crippen molar-refractivity contribution >= 4 is 28.3 Å². The number of carbonyl (C=O) groups is 1. The minimum absolute atomic E-state index is 0.0330. The highest BCUT2D eigenvalue weighted by molar-refractivity contribution is 5.92. The number of anilines is 2. The third kappa shape index (κ3) is 3.56. The van der Waals surface area contributed by atoms with E-state index in [-0.39, 0.29) is 6.04 Å². The van der Waals surface area contributed by atoms with E-state index in [2.05, 4.69) is 44.5 Å². The SMILES string of the molecule is Cc1ncccc1[C@@H](C)Nc1nnc(C)c2ncc(N3CCN4C(=O)CC[C@@H]4C3)cc12. The van der Waals surface area contributed by atoms with Crippen molar-refractivity contribution in [3.05, 3.63) is 47.5 Å². The van der Waals surface area contributed by atoms with Crippen LogP contribution >= 0.6 is 0 Å². The Hall–Kier alpha value is -3.29. The van der Waals surface area contributed by atoms with Crippen LogP contribution in [0.25, 0.3) is 10.9 Å². The van der Waals surface area contributed by atoms with Crippen LogP contribution in [0, 0.1) is 13.8 Å². The van der Waals surface area contributed by atoms with Crippen molar-refractivity contribution in [1.29, 1.82) is 0 Å². The molecular formula is C23H27N7O. The first-order valence-electron chi connectivity index (χ1n) is 10.9. The summed E-state index contributed by atoms with van der Waals surface area (Å²) in [7, 11) is 0. The molecule has 2 aliphatic heterocycles. The normalized spacial score (nSPS) is 19.6. The van der Waals surface area contributed by atoms with E-state index in [9.17, 15) is 4.79 Å². The van der Waals surface area contributed by atoms with Gasteiger partial charge in [-0.3, -0.25) is 14.8 Å². The number of aryl methyl sites for hydroxylation is 2. The number of hydrogen-bond acceptors (Lipinski definition) is 7. The molecule has 3 aromatic rings. The van der Waals surface area contributed by atoms with E-state index < -0.39 is 0 Å². The lowest BCUT2D eigenvalue weighted by atomic mass is 10.1. The molecule has 2 fully saturated rings. The van der Waals surface area contributed by atoms with Crippen LogP contribution in [-0.2, 0) is 4.79 Å². The van der Waals surface area contributed by atoms with Crippen LogP contribution in [0.1, 0.15) is 42.8 Å². The largest absolute Gasteiger partial charge is 0.366 e. The molecule has 0 aliphatic carbocycles. The summed E-state index contributed by atoms with van der Waals surface area (Å²) in [6, 6.07) is 6.52. The quantitative estimate of drug-likeness (QED) is 0.698. The fraction of sp³-hybridized carbons (Fsp3) is 0.435. The van der Waals surface area contributed by atoms with Crippen LogP contribution in [-0.4, -0.2) is 56.6 Å². The molecule has 8 nitrogen and oxygen atoms in total. The van der Waals surface area contributed by atoms with Crippen LogP contribution in [0.3, 0.4) is 0 Å². The summed E-state index contributed by atoms with van der Waals surface area (Å²) < 4.78 is 0. The Kier molecular flexibility index (Phi) is 4.92. The number of carbonyl (C=O) groups excluding carboxylic acids is 1. The summed E-state index contributed by atoms with van der Waals surface area (Å²) in [5.74, 6) is 1.01. The summed E-state index contributed by atoms with van der Waals surface area (Å²) in [4.78, 5) is 25.5. The van der Waals surface area contributed by atoms with Crippen LogP contribution < -0.4 is 10.2 Å². The van der Waals surface area contributed by atoms with Crippen LogP contribution in [0.15, 0.2) is 30.6 Å². The summed E-state index contributed by atoms with van der Waals surface area (Å²) in [5, 5.41) is 13.3. The van der Waals surface area contributed by atoms with Gasteiger partial charge in [0.15, 0.2) is 5.82 Å². The van der Waals surface area contributed by atoms with Gasteiger partial charge in [0.1, 0.15) is 0 Å². The van der Waals surface area contributed by atoms with Crippen molar-refractivity contribution in [3.8, 4) is 0 Å². The number of fused-ring (bicyclic) bond motifs is 2. The second-order valence-electron chi connectivity index (χ2n) is 8.49. The number of amides is 1. The van der Waals surface area contributed by atoms with Gasteiger partial charge in [0.2, 0.25) is 5.91 Å². The van der Waals surface area contributed by atoms with Gasteiger partial charge < -0.3 is 15.1 Å². The van der Waals surface area contributed by atoms with Gasteiger partial charge in [0.25, 0.3) is 0 Å². The molecule has 0 saturated carbocycles. The Morgan fingerprint density at radius 2 is 2.03 bits per heavy atom. The number of aromatic nitrogens is 4. The average molecular weight is 418 g/mol. The zero-order valence-corrected chi connectivity index (χ0v) is 18.2. The predicted molar refractivity (Wildman–Crippen MR) is 120 cm³/mol. The lowest BCUT2D eigenvalue weighted by Gasteiger charge is -2.38. The maximum Gasteiger partial charge on any atom is 0.223 e. The molecule has 0 spiro atoms.